The highest BCUT2D eigenvalue weighted by molar-refractivity contribution is 8.16. The number of thiazole rings is 1. The van der Waals surface area contributed by atoms with Crippen molar-refractivity contribution in [1.82, 2.24) is 4.98 Å². The lowest BCUT2D eigenvalue weighted by Gasteiger charge is -2.21. The number of ketones is 1. The van der Waals surface area contributed by atoms with Crippen LogP contribution in [0.1, 0.15) is 31.3 Å². The van der Waals surface area contributed by atoms with Crippen LogP contribution in [0.4, 0.5) is 0 Å². The van der Waals surface area contributed by atoms with E-state index in [9.17, 15) is 9.90 Å². The lowest BCUT2D eigenvalue weighted by molar-refractivity contribution is -0.118. The van der Waals surface area contributed by atoms with Crippen molar-refractivity contribution in [3.8, 4) is 5.75 Å². The summed E-state index contributed by atoms with van der Waals surface area (Å²) in [5, 5.41) is 11.8. The second kappa shape index (κ2) is 5.22. The molecule has 116 valence electrons. The van der Waals surface area contributed by atoms with Gasteiger partial charge < -0.3 is 5.11 Å². The third kappa shape index (κ3) is 2.43. The molecule has 0 bridgehead atoms. The van der Waals surface area contributed by atoms with Crippen LogP contribution in [-0.4, -0.2) is 31.7 Å². The monoisotopic (exact) mass is 354 g/mol. The number of aromatic hydroxyl groups is 1. The topological polar surface area (TPSA) is 62.5 Å². The Morgan fingerprint density at radius 2 is 2.14 bits per heavy atom. The Hall–Kier alpha value is -1.11. The van der Waals surface area contributed by atoms with Gasteiger partial charge in [0, 0.05) is 4.75 Å². The largest absolute Gasteiger partial charge is 0.506 e. The molecule has 1 aromatic carbocycles. The maximum Gasteiger partial charge on any atom is 0.155 e. The summed E-state index contributed by atoms with van der Waals surface area (Å²) in [4.78, 5) is 20.9. The molecule has 0 spiro atoms. The average molecular weight is 355 g/mol. The molecule has 1 aliphatic heterocycles. The fourth-order valence-corrected chi connectivity index (χ4v) is 5.12. The number of hydrogen-bond donors (Lipinski definition) is 1. The smallest absolute Gasteiger partial charge is 0.155 e. The molecule has 0 amide bonds. The number of thioether (sulfide) groups is 1. The zero-order chi connectivity index (χ0) is 16.2. The molecule has 0 aliphatic carbocycles. The van der Waals surface area contributed by atoms with E-state index in [0.29, 0.717) is 10.6 Å². The minimum absolute atomic E-state index is 0.0557. The molecule has 0 saturated heterocycles. The van der Waals surface area contributed by atoms with Gasteiger partial charge in [0.05, 0.1) is 10.2 Å². The van der Waals surface area contributed by atoms with Crippen LogP contribution < -0.4 is 0 Å². The van der Waals surface area contributed by atoms with Gasteiger partial charge >= 0.3 is 0 Å². The number of benzene rings is 1. The molecule has 22 heavy (non-hydrogen) atoms. The zero-order valence-corrected chi connectivity index (χ0v) is 15.0. The van der Waals surface area contributed by atoms with E-state index in [4.69, 9.17) is 11.6 Å². The second-order valence-electron chi connectivity index (χ2n) is 5.88. The molecule has 7 heteroatoms. The number of aliphatic imine (C=N–C) groups is 1. The molecular weight excluding hydrogens is 340 g/mol. The fraction of sp³-hybridized carbons (Fsp3) is 0.400. The lowest BCUT2D eigenvalue weighted by Crippen LogP contribution is -2.33. The Labute approximate surface area is 141 Å². The van der Waals surface area contributed by atoms with Crippen molar-refractivity contribution in [2.45, 2.75) is 38.5 Å². The van der Waals surface area contributed by atoms with Gasteiger partial charge in [-0.1, -0.05) is 23.4 Å². The van der Waals surface area contributed by atoms with E-state index in [1.54, 1.807) is 25.6 Å². The summed E-state index contributed by atoms with van der Waals surface area (Å²) in [6, 6.07) is 1.45. The molecule has 0 radical (unpaired) electrons. The minimum atomic E-state index is -0.356. The van der Waals surface area contributed by atoms with Crippen molar-refractivity contribution < 1.29 is 9.90 Å². The van der Waals surface area contributed by atoms with Gasteiger partial charge in [-0.3, -0.25) is 9.79 Å². The fourth-order valence-electron chi connectivity index (χ4n) is 2.52. The van der Waals surface area contributed by atoms with E-state index in [1.165, 1.54) is 11.3 Å². The van der Waals surface area contributed by atoms with Crippen molar-refractivity contribution in [2.75, 3.05) is 0 Å². The van der Waals surface area contributed by atoms with E-state index < -0.39 is 0 Å². The molecule has 1 aromatic heterocycles. The predicted octanol–water partition coefficient (Wildman–Crippen LogP) is 4.19. The van der Waals surface area contributed by atoms with Crippen molar-refractivity contribution in [2.24, 2.45) is 4.99 Å². The summed E-state index contributed by atoms with van der Waals surface area (Å²) in [5.41, 5.74) is 1.44. The Morgan fingerprint density at radius 3 is 2.73 bits per heavy atom. The van der Waals surface area contributed by atoms with Crippen molar-refractivity contribution in [1.29, 1.82) is 0 Å². The first-order chi connectivity index (χ1) is 10.2. The van der Waals surface area contributed by atoms with Gasteiger partial charge in [0.2, 0.25) is 0 Å². The highest BCUT2D eigenvalue weighted by atomic mass is 35.5. The third-order valence-corrected chi connectivity index (χ3v) is 6.57. The predicted molar refractivity (Wildman–Crippen MR) is 93.7 cm³/mol. The van der Waals surface area contributed by atoms with Crippen molar-refractivity contribution in [3.63, 3.8) is 0 Å². The number of aryl methyl sites for hydroxylation is 1. The molecule has 2 aromatic rings. The van der Waals surface area contributed by atoms with Crippen LogP contribution >= 0.6 is 34.7 Å². The average Bonchev–Trinajstić information content (AvgIpc) is 2.96. The maximum absolute atomic E-state index is 11.8. The Kier molecular flexibility index (Phi) is 3.74. The number of carbonyl (C=O) groups excluding carboxylic acids is 1. The molecule has 4 nitrogen and oxygen atoms in total. The maximum atomic E-state index is 11.8. The van der Waals surface area contributed by atoms with Crippen LogP contribution in [-0.2, 0) is 4.79 Å². The molecule has 0 saturated carbocycles. The Morgan fingerprint density at radius 1 is 1.45 bits per heavy atom. The minimum Gasteiger partial charge on any atom is -0.506 e. The van der Waals surface area contributed by atoms with Crippen LogP contribution in [0.15, 0.2) is 11.1 Å². The van der Waals surface area contributed by atoms with Crippen molar-refractivity contribution in [3.05, 3.63) is 21.7 Å². The van der Waals surface area contributed by atoms with Gasteiger partial charge in [-0.2, -0.15) is 0 Å². The number of halogens is 1. The number of carbonyl (C=O) groups is 1. The SMILES string of the molecule is CC(=O)C1N=C(c2nc3cc(C)c(O)c(Cl)c3s2)SC1(C)C. The van der Waals surface area contributed by atoms with Crippen LogP contribution in [0.3, 0.4) is 0 Å². The summed E-state index contributed by atoms with van der Waals surface area (Å²) < 4.78 is 0.466. The Balaban J connectivity index is 2.11. The van der Waals surface area contributed by atoms with Crippen LogP contribution in [0, 0.1) is 6.92 Å². The van der Waals surface area contributed by atoms with Gasteiger partial charge in [0.1, 0.15) is 26.9 Å². The number of fused-ring (bicyclic) bond motifs is 1. The van der Waals surface area contributed by atoms with E-state index in [1.807, 2.05) is 19.9 Å². The van der Waals surface area contributed by atoms with E-state index in [-0.39, 0.29) is 22.3 Å². The van der Waals surface area contributed by atoms with Gasteiger partial charge in [-0.15, -0.1) is 11.3 Å². The van der Waals surface area contributed by atoms with Crippen LogP contribution in [0.5, 0.6) is 5.75 Å². The number of nitrogens with zero attached hydrogens (tertiary/aromatic N) is 2. The number of phenols is 1. The normalized spacial score (nSPS) is 20.4. The Bertz CT molecular complexity index is 827. The summed E-state index contributed by atoms with van der Waals surface area (Å²) in [6.45, 7) is 7.37. The summed E-state index contributed by atoms with van der Waals surface area (Å²) in [6.07, 6.45) is 0. The number of aromatic nitrogens is 1. The molecular formula is C15H15ClN2O2S2. The molecule has 2 heterocycles. The molecule has 0 fully saturated rings. The van der Waals surface area contributed by atoms with Crippen LogP contribution in [0.25, 0.3) is 10.2 Å². The lowest BCUT2D eigenvalue weighted by atomic mass is 10.0. The van der Waals surface area contributed by atoms with Gasteiger partial charge in [0.15, 0.2) is 5.78 Å². The zero-order valence-electron chi connectivity index (χ0n) is 12.6. The van der Waals surface area contributed by atoms with Crippen molar-refractivity contribution >= 4 is 55.7 Å². The van der Waals surface area contributed by atoms with Crippen LogP contribution in [0.2, 0.25) is 5.02 Å². The number of hydrogen-bond acceptors (Lipinski definition) is 6. The van der Waals surface area contributed by atoms with Gasteiger partial charge in [-0.05, 0) is 39.3 Å². The van der Waals surface area contributed by atoms with Gasteiger partial charge in [-0.25, -0.2) is 4.98 Å². The van der Waals surface area contributed by atoms with E-state index in [0.717, 1.165) is 20.3 Å². The molecule has 3 rings (SSSR count). The second-order valence-corrected chi connectivity index (χ2v) is 8.90. The quantitative estimate of drug-likeness (QED) is 0.878. The molecule has 1 N–H and O–H groups in total. The molecule has 1 atom stereocenters. The number of Topliss-reactive ketones (excluding diaryl/α,β-unsaturated/α-hetero) is 1. The summed E-state index contributed by atoms with van der Waals surface area (Å²) in [7, 11) is 0. The molecule has 1 unspecified atom stereocenters. The summed E-state index contributed by atoms with van der Waals surface area (Å²) >= 11 is 9.16. The first-order valence-corrected chi connectivity index (χ1v) is 8.78. The third-order valence-electron chi connectivity index (χ3n) is 3.62. The highest BCUT2D eigenvalue weighted by Crippen LogP contribution is 2.44. The highest BCUT2D eigenvalue weighted by Gasteiger charge is 2.41. The van der Waals surface area contributed by atoms with E-state index >= 15 is 0 Å². The molecule has 1 aliphatic rings. The first kappa shape index (κ1) is 15.8. The summed E-state index contributed by atoms with van der Waals surface area (Å²) in [5.74, 6) is 0.146. The first-order valence-electron chi connectivity index (χ1n) is 6.77. The van der Waals surface area contributed by atoms with E-state index in [2.05, 4.69) is 9.98 Å². The number of rotatable bonds is 2. The van der Waals surface area contributed by atoms with Gasteiger partial charge in [0.25, 0.3) is 0 Å². The standard InChI is InChI=1S/C15H15ClN2O2S2/c1-6-5-8-11(9(16)10(6)20)21-13(17-8)14-18-12(7(2)19)15(3,4)22-14/h5,12,20H,1-4H3. The number of phenolic OH excluding ortho intramolecular Hbond substituents is 1.